The van der Waals surface area contributed by atoms with E-state index in [1.54, 1.807) is 6.07 Å². The molecule has 0 unspecified atom stereocenters. The third kappa shape index (κ3) is 2.13. The van der Waals surface area contributed by atoms with Crippen molar-refractivity contribution in [1.29, 1.82) is 5.26 Å². The molecule has 0 radical (unpaired) electrons. The summed E-state index contributed by atoms with van der Waals surface area (Å²) < 4.78 is 0. The normalized spacial score (nSPS) is 9.90. The second kappa shape index (κ2) is 4.32. The average molecular weight is 141 g/mol. The molecule has 0 saturated carbocycles. The largest absolute Gasteiger partial charge is 0.398 e. The van der Waals surface area contributed by atoms with Crippen molar-refractivity contribution in [3.05, 3.63) is 0 Å². The summed E-state index contributed by atoms with van der Waals surface area (Å²) in [6, 6.07) is 1.57. The molecule has 5 nitrogen and oxygen atoms in total. The molecule has 0 aliphatic heterocycles. The summed E-state index contributed by atoms with van der Waals surface area (Å²) >= 11 is 0. The van der Waals surface area contributed by atoms with Gasteiger partial charge in [-0.25, -0.2) is 0 Å². The van der Waals surface area contributed by atoms with Gasteiger partial charge in [0.2, 0.25) is 5.71 Å². The summed E-state index contributed by atoms with van der Waals surface area (Å²) in [7, 11) is 2.67. The van der Waals surface area contributed by atoms with Gasteiger partial charge in [0.15, 0.2) is 0 Å². The topological polar surface area (TPSA) is 74.5 Å². The van der Waals surface area contributed by atoms with Crippen molar-refractivity contribution < 1.29 is 9.63 Å². The molecular weight excluding hydrogens is 134 g/mol. The number of nitriles is 1. The number of carbonyl (C=O) groups excluding carboxylic acids is 1. The smallest absolute Gasteiger partial charge is 0.284 e. The third-order valence-corrected chi connectivity index (χ3v) is 0.731. The Labute approximate surface area is 58.3 Å². The van der Waals surface area contributed by atoms with Gasteiger partial charge < -0.3 is 10.2 Å². The van der Waals surface area contributed by atoms with Gasteiger partial charge in [0.25, 0.3) is 5.91 Å². The van der Waals surface area contributed by atoms with E-state index in [0.29, 0.717) is 0 Å². The van der Waals surface area contributed by atoms with E-state index in [-0.39, 0.29) is 5.71 Å². The summed E-state index contributed by atoms with van der Waals surface area (Å²) in [5, 5.41) is 13.6. The van der Waals surface area contributed by atoms with Gasteiger partial charge in [0.1, 0.15) is 13.2 Å². The van der Waals surface area contributed by atoms with E-state index in [4.69, 9.17) is 5.26 Å². The average Bonchev–Trinajstić information content (AvgIpc) is 1.99. The van der Waals surface area contributed by atoms with Crippen LogP contribution in [0, 0.1) is 11.3 Å². The third-order valence-electron chi connectivity index (χ3n) is 0.731. The number of hydrogen-bond acceptors (Lipinski definition) is 4. The van der Waals surface area contributed by atoms with Crippen molar-refractivity contribution in [2.24, 2.45) is 5.16 Å². The molecule has 0 aromatic carbocycles. The zero-order chi connectivity index (χ0) is 7.98. The number of amides is 1. The number of nitrogens with one attached hydrogen (secondary N) is 1. The van der Waals surface area contributed by atoms with Crippen LogP contribution in [-0.4, -0.2) is 25.8 Å². The number of oxime groups is 1. The van der Waals surface area contributed by atoms with Gasteiger partial charge in [-0.2, -0.15) is 5.26 Å². The zero-order valence-electron chi connectivity index (χ0n) is 5.71. The first-order valence-electron chi connectivity index (χ1n) is 2.49. The Morgan fingerprint density at radius 1 is 1.80 bits per heavy atom. The number of hydrogen-bond donors (Lipinski definition) is 1. The SMILES string of the molecule is CNC(=O)/C(C#N)=N/OC. The second-order valence-corrected chi connectivity index (χ2v) is 1.31. The molecule has 0 heterocycles. The molecule has 5 heteroatoms. The molecule has 1 N–H and O–H groups in total. The predicted octanol–water partition coefficient (Wildman–Crippen LogP) is -0.742. The fourth-order valence-electron chi connectivity index (χ4n) is 0.322. The van der Waals surface area contributed by atoms with Crippen LogP contribution in [0.4, 0.5) is 0 Å². The number of rotatable bonds is 2. The molecule has 0 rings (SSSR count). The molecule has 0 saturated heterocycles. The van der Waals surface area contributed by atoms with Crippen LogP contribution in [0.5, 0.6) is 0 Å². The maximum absolute atomic E-state index is 10.6. The lowest BCUT2D eigenvalue weighted by Gasteiger charge is -1.92. The van der Waals surface area contributed by atoms with E-state index in [2.05, 4.69) is 15.3 Å². The standard InChI is InChI=1S/C5H7N3O2/c1-7-5(9)4(3-6)8-10-2/h1-2H3,(H,7,9)/b8-4+. The fourth-order valence-corrected chi connectivity index (χ4v) is 0.322. The van der Waals surface area contributed by atoms with E-state index in [9.17, 15) is 4.79 Å². The van der Waals surface area contributed by atoms with Crippen molar-refractivity contribution in [3.8, 4) is 6.07 Å². The molecule has 0 atom stereocenters. The quantitative estimate of drug-likeness (QED) is 0.406. The van der Waals surface area contributed by atoms with Gasteiger partial charge in [0.05, 0.1) is 0 Å². The molecule has 0 aliphatic rings. The Morgan fingerprint density at radius 2 is 2.40 bits per heavy atom. The summed E-state index contributed by atoms with van der Waals surface area (Å²) in [5.41, 5.74) is -0.287. The Balaban J connectivity index is 4.25. The van der Waals surface area contributed by atoms with Crippen LogP contribution < -0.4 is 5.32 Å². The van der Waals surface area contributed by atoms with Crippen LogP contribution in [0.3, 0.4) is 0 Å². The lowest BCUT2D eigenvalue weighted by molar-refractivity contribution is -0.114. The van der Waals surface area contributed by atoms with E-state index in [1.165, 1.54) is 14.2 Å². The molecule has 1 amide bonds. The van der Waals surface area contributed by atoms with Gasteiger partial charge in [0, 0.05) is 7.05 Å². The van der Waals surface area contributed by atoms with E-state index in [0.717, 1.165) is 0 Å². The Hall–Kier alpha value is -1.57. The summed E-state index contributed by atoms with van der Waals surface area (Å²) in [6.07, 6.45) is 0. The minimum atomic E-state index is -0.552. The van der Waals surface area contributed by atoms with Crippen LogP contribution in [0.1, 0.15) is 0 Å². The first-order chi connectivity index (χ1) is 4.76. The maximum atomic E-state index is 10.6. The van der Waals surface area contributed by atoms with Gasteiger partial charge in [-0.3, -0.25) is 4.79 Å². The Morgan fingerprint density at radius 3 is 2.70 bits per heavy atom. The second-order valence-electron chi connectivity index (χ2n) is 1.31. The van der Waals surface area contributed by atoms with Crippen molar-refractivity contribution in [2.45, 2.75) is 0 Å². The van der Waals surface area contributed by atoms with Crippen LogP contribution in [0.25, 0.3) is 0 Å². The predicted molar refractivity (Wildman–Crippen MR) is 34.1 cm³/mol. The van der Waals surface area contributed by atoms with Crippen molar-refractivity contribution in [1.82, 2.24) is 5.32 Å². The lowest BCUT2D eigenvalue weighted by atomic mass is 10.4. The van der Waals surface area contributed by atoms with E-state index >= 15 is 0 Å². The molecule has 0 aromatic rings. The van der Waals surface area contributed by atoms with Crippen molar-refractivity contribution >= 4 is 11.6 Å². The summed E-state index contributed by atoms with van der Waals surface area (Å²) in [4.78, 5) is 14.8. The monoisotopic (exact) mass is 141 g/mol. The van der Waals surface area contributed by atoms with Crippen LogP contribution in [0.15, 0.2) is 5.16 Å². The first-order valence-corrected chi connectivity index (χ1v) is 2.49. The zero-order valence-corrected chi connectivity index (χ0v) is 5.71. The minimum Gasteiger partial charge on any atom is -0.398 e. The molecule has 0 aliphatic carbocycles. The number of nitrogens with zero attached hydrogens (tertiary/aromatic N) is 2. The van der Waals surface area contributed by atoms with Crippen molar-refractivity contribution in [2.75, 3.05) is 14.2 Å². The molecule has 0 aromatic heterocycles. The van der Waals surface area contributed by atoms with Crippen LogP contribution >= 0.6 is 0 Å². The van der Waals surface area contributed by atoms with Crippen molar-refractivity contribution in [3.63, 3.8) is 0 Å². The lowest BCUT2D eigenvalue weighted by Crippen LogP contribution is -2.26. The molecule has 0 spiro atoms. The number of carbonyl (C=O) groups is 1. The Kier molecular flexibility index (Phi) is 3.64. The highest BCUT2D eigenvalue weighted by atomic mass is 16.6. The summed E-state index contributed by atoms with van der Waals surface area (Å²) in [6.45, 7) is 0. The first kappa shape index (κ1) is 8.43. The Bertz CT molecular complexity index is 192. The van der Waals surface area contributed by atoms with E-state index < -0.39 is 5.91 Å². The molecule has 10 heavy (non-hydrogen) atoms. The highest BCUT2D eigenvalue weighted by Crippen LogP contribution is 1.76. The molecular formula is C5H7N3O2. The summed E-state index contributed by atoms with van der Waals surface area (Å²) in [5.74, 6) is -0.552. The maximum Gasteiger partial charge on any atom is 0.284 e. The highest BCUT2D eigenvalue weighted by molar-refractivity contribution is 6.44. The van der Waals surface area contributed by atoms with Gasteiger partial charge in [-0.1, -0.05) is 5.16 Å². The van der Waals surface area contributed by atoms with Gasteiger partial charge >= 0.3 is 0 Å². The molecule has 0 bridgehead atoms. The van der Waals surface area contributed by atoms with Crippen LogP contribution in [0.2, 0.25) is 0 Å². The highest BCUT2D eigenvalue weighted by Gasteiger charge is 2.07. The van der Waals surface area contributed by atoms with Crippen LogP contribution in [-0.2, 0) is 9.63 Å². The minimum absolute atomic E-state index is 0.287. The molecule has 54 valence electrons. The molecule has 0 fully saturated rings. The van der Waals surface area contributed by atoms with E-state index in [1.807, 2.05) is 0 Å². The van der Waals surface area contributed by atoms with Gasteiger partial charge in [-0.05, 0) is 0 Å². The van der Waals surface area contributed by atoms with Gasteiger partial charge in [-0.15, -0.1) is 0 Å². The fraction of sp³-hybridized carbons (Fsp3) is 0.400.